The number of ether oxygens (including phenoxy) is 3. The van der Waals surface area contributed by atoms with Crippen molar-refractivity contribution in [2.45, 2.75) is 33.4 Å². The SMILES string of the molecule is CCOC(=O)C1=C(C)n2c(s/c(=C\c3ccc(Cl)cc3Cl)c2=O)=N[C@H]1c1ccc(OCc2ccccc2)c(OCC)c1. The predicted molar refractivity (Wildman–Crippen MR) is 166 cm³/mol. The van der Waals surface area contributed by atoms with E-state index in [2.05, 4.69) is 0 Å². The predicted octanol–water partition coefficient (Wildman–Crippen LogP) is 6.19. The normalized spacial score (nSPS) is 14.8. The van der Waals surface area contributed by atoms with Gasteiger partial charge in [0.2, 0.25) is 0 Å². The number of nitrogens with zero attached hydrogens (tertiary/aromatic N) is 2. The van der Waals surface area contributed by atoms with E-state index in [9.17, 15) is 9.59 Å². The smallest absolute Gasteiger partial charge is 0.338 e. The molecule has 0 aliphatic carbocycles. The van der Waals surface area contributed by atoms with Crippen LogP contribution in [-0.4, -0.2) is 23.8 Å². The summed E-state index contributed by atoms with van der Waals surface area (Å²) in [5.41, 5.74) is 2.80. The maximum Gasteiger partial charge on any atom is 0.338 e. The molecule has 1 aromatic heterocycles. The van der Waals surface area contributed by atoms with Gasteiger partial charge in [0.25, 0.3) is 5.56 Å². The van der Waals surface area contributed by atoms with E-state index in [1.54, 1.807) is 38.1 Å². The van der Waals surface area contributed by atoms with E-state index in [1.807, 2.05) is 55.5 Å². The molecule has 10 heteroatoms. The molecule has 0 unspecified atom stereocenters. The number of carbonyl (C=O) groups is 1. The van der Waals surface area contributed by atoms with Crippen LogP contribution in [-0.2, 0) is 16.1 Å². The molecule has 4 aromatic rings. The summed E-state index contributed by atoms with van der Waals surface area (Å²) < 4.78 is 19.3. The van der Waals surface area contributed by atoms with Crippen molar-refractivity contribution in [3.63, 3.8) is 0 Å². The summed E-state index contributed by atoms with van der Waals surface area (Å²) in [4.78, 5) is 32.2. The van der Waals surface area contributed by atoms with Gasteiger partial charge in [0.1, 0.15) is 12.6 Å². The first-order valence-electron chi connectivity index (χ1n) is 13.4. The van der Waals surface area contributed by atoms with Crippen LogP contribution in [0.25, 0.3) is 11.8 Å². The Morgan fingerprint density at radius 3 is 2.50 bits per heavy atom. The average Bonchev–Trinajstić information content (AvgIpc) is 3.29. The second-order valence-electron chi connectivity index (χ2n) is 9.36. The molecule has 0 saturated carbocycles. The summed E-state index contributed by atoms with van der Waals surface area (Å²) in [7, 11) is 0. The van der Waals surface area contributed by atoms with Crippen LogP contribution in [0.4, 0.5) is 0 Å². The van der Waals surface area contributed by atoms with Crippen LogP contribution in [0.5, 0.6) is 11.5 Å². The van der Waals surface area contributed by atoms with Crippen molar-refractivity contribution in [2.24, 2.45) is 4.99 Å². The first-order valence-corrected chi connectivity index (χ1v) is 15.0. The van der Waals surface area contributed by atoms with E-state index < -0.39 is 12.0 Å². The zero-order chi connectivity index (χ0) is 29.8. The van der Waals surface area contributed by atoms with Crippen LogP contribution in [0.2, 0.25) is 10.0 Å². The van der Waals surface area contributed by atoms with Crippen molar-refractivity contribution >= 4 is 52.3 Å². The monoisotopic (exact) mass is 622 g/mol. The van der Waals surface area contributed by atoms with Crippen molar-refractivity contribution in [1.29, 1.82) is 0 Å². The van der Waals surface area contributed by atoms with E-state index >= 15 is 0 Å². The number of hydrogen-bond acceptors (Lipinski definition) is 7. The fraction of sp³-hybridized carbons (Fsp3) is 0.219. The third-order valence-electron chi connectivity index (χ3n) is 6.61. The zero-order valence-electron chi connectivity index (χ0n) is 23.2. The Bertz CT molecular complexity index is 1850. The van der Waals surface area contributed by atoms with Crippen LogP contribution in [0.3, 0.4) is 0 Å². The van der Waals surface area contributed by atoms with Gasteiger partial charge in [0.05, 0.1) is 23.3 Å². The number of thiazole rings is 1. The van der Waals surface area contributed by atoms with Crippen molar-refractivity contribution in [3.8, 4) is 11.5 Å². The molecule has 0 N–H and O–H groups in total. The highest BCUT2D eigenvalue weighted by atomic mass is 35.5. The summed E-state index contributed by atoms with van der Waals surface area (Å²) in [6.07, 6.45) is 1.70. The number of benzene rings is 3. The lowest BCUT2D eigenvalue weighted by Crippen LogP contribution is -2.35. The number of halogens is 2. The molecular weight excluding hydrogens is 595 g/mol. The number of aromatic nitrogens is 1. The number of hydrogen-bond donors (Lipinski definition) is 0. The molecule has 0 spiro atoms. The van der Waals surface area contributed by atoms with E-state index in [1.165, 1.54) is 15.9 Å². The molecule has 1 aliphatic heterocycles. The topological polar surface area (TPSA) is 79.1 Å². The molecule has 0 amide bonds. The highest BCUT2D eigenvalue weighted by Crippen LogP contribution is 2.37. The van der Waals surface area contributed by atoms with Crippen LogP contribution in [0.1, 0.15) is 43.5 Å². The van der Waals surface area contributed by atoms with E-state index in [-0.39, 0.29) is 17.7 Å². The standard InChI is InChI=1S/C32H28Cl2N2O5S/c1-4-39-26-15-22(12-14-25(26)41-18-20-9-7-6-8-10-20)29-28(31(38)40-5-2)19(3)36-30(37)27(42-32(36)35-29)16-21-11-13-23(33)17-24(21)34/h6-17,29H,4-5,18H2,1-3H3/b27-16-/t29-/m0/s1. The van der Waals surface area contributed by atoms with Crippen LogP contribution >= 0.6 is 34.5 Å². The Morgan fingerprint density at radius 2 is 1.79 bits per heavy atom. The Kier molecular flexibility index (Phi) is 9.16. The van der Waals surface area contributed by atoms with Gasteiger partial charge in [0, 0.05) is 15.7 Å². The number of carbonyl (C=O) groups excluding carboxylic acids is 1. The Balaban J connectivity index is 1.61. The second kappa shape index (κ2) is 13.0. The maximum atomic E-state index is 13.5. The Labute approximate surface area is 256 Å². The quantitative estimate of drug-likeness (QED) is 0.208. The number of allylic oxidation sites excluding steroid dienone is 1. The molecule has 0 saturated heterocycles. The number of fused-ring (bicyclic) bond motifs is 1. The van der Waals surface area contributed by atoms with Gasteiger partial charge in [-0.15, -0.1) is 0 Å². The van der Waals surface area contributed by atoms with Gasteiger partial charge in [-0.2, -0.15) is 0 Å². The van der Waals surface area contributed by atoms with Crippen molar-refractivity contribution < 1.29 is 19.0 Å². The highest BCUT2D eigenvalue weighted by Gasteiger charge is 2.32. The molecule has 0 radical (unpaired) electrons. The molecule has 216 valence electrons. The molecule has 1 aliphatic rings. The fourth-order valence-corrected chi connectivity index (χ4v) is 6.13. The molecule has 7 nitrogen and oxygen atoms in total. The van der Waals surface area contributed by atoms with E-state index in [0.717, 1.165) is 5.56 Å². The van der Waals surface area contributed by atoms with Gasteiger partial charge in [-0.3, -0.25) is 9.36 Å². The van der Waals surface area contributed by atoms with Gasteiger partial charge < -0.3 is 14.2 Å². The summed E-state index contributed by atoms with van der Waals surface area (Å²) in [5.74, 6) is 0.562. The molecule has 0 fully saturated rings. The van der Waals surface area contributed by atoms with Crippen molar-refractivity contribution in [1.82, 2.24) is 4.57 Å². The van der Waals surface area contributed by atoms with E-state index in [0.29, 0.717) is 60.9 Å². The minimum atomic E-state index is -0.726. The van der Waals surface area contributed by atoms with Crippen LogP contribution < -0.4 is 24.4 Å². The molecular formula is C32H28Cl2N2O5S. The third-order valence-corrected chi connectivity index (χ3v) is 8.15. The molecule has 5 rings (SSSR count). The minimum absolute atomic E-state index is 0.179. The third kappa shape index (κ3) is 6.16. The van der Waals surface area contributed by atoms with Crippen molar-refractivity contribution in [3.05, 3.63) is 119 Å². The highest BCUT2D eigenvalue weighted by molar-refractivity contribution is 7.07. The van der Waals surface area contributed by atoms with Crippen molar-refractivity contribution in [2.75, 3.05) is 13.2 Å². The lowest BCUT2D eigenvalue weighted by Gasteiger charge is -2.23. The lowest BCUT2D eigenvalue weighted by atomic mass is 9.96. The van der Waals surface area contributed by atoms with Crippen LogP contribution in [0.15, 0.2) is 82.1 Å². The lowest BCUT2D eigenvalue weighted by molar-refractivity contribution is -0.138. The second-order valence-corrected chi connectivity index (χ2v) is 11.2. The van der Waals surface area contributed by atoms with Gasteiger partial charge in [-0.1, -0.05) is 77.0 Å². The zero-order valence-corrected chi connectivity index (χ0v) is 25.6. The largest absolute Gasteiger partial charge is 0.490 e. The maximum absolute atomic E-state index is 13.5. The number of rotatable bonds is 9. The Morgan fingerprint density at radius 1 is 1.00 bits per heavy atom. The molecule has 2 heterocycles. The van der Waals surface area contributed by atoms with Gasteiger partial charge in [0.15, 0.2) is 16.3 Å². The summed E-state index contributed by atoms with van der Waals surface area (Å²) in [6.45, 7) is 6.33. The van der Waals surface area contributed by atoms with E-state index in [4.69, 9.17) is 42.4 Å². The van der Waals surface area contributed by atoms with Gasteiger partial charge in [-0.25, -0.2) is 9.79 Å². The summed E-state index contributed by atoms with van der Waals surface area (Å²) >= 11 is 13.6. The van der Waals surface area contributed by atoms with Crippen LogP contribution in [0, 0.1) is 0 Å². The number of esters is 1. The molecule has 1 atom stereocenters. The fourth-order valence-electron chi connectivity index (χ4n) is 4.64. The molecule has 0 bridgehead atoms. The minimum Gasteiger partial charge on any atom is -0.490 e. The molecule has 42 heavy (non-hydrogen) atoms. The Hall–Kier alpha value is -3.85. The van der Waals surface area contributed by atoms with Gasteiger partial charge in [-0.05, 0) is 67.8 Å². The summed E-state index contributed by atoms with van der Waals surface area (Å²) in [5, 5.41) is 0.920. The average molecular weight is 624 g/mol. The molecule has 3 aromatic carbocycles. The first-order chi connectivity index (χ1) is 20.3. The summed E-state index contributed by atoms with van der Waals surface area (Å²) in [6, 6.07) is 19.7. The van der Waals surface area contributed by atoms with Gasteiger partial charge >= 0.3 is 5.97 Å². The first kappa shape index (κ1) is 29.6.